The molecule has 1 fully saturated rings. The lowest BCUT2D eigenvalue weighted by molar-refractivity contribution is 0.00564. The van der Waals surface area contributed by atoms with E-state index in [4.69, 9.17) is 0 Å². The van der Waals surface area contributed by atoms with Crippen LogP contribution in [0.5, 0.6) is 0 Å². The van der Waals surface area contributed by atoms with Crippen molar-refractivity contribution in [2.24, 2.45) is 11.3 Å². The van der Waals surface area contributed by atoms with E-state index < -0.39 is 17.0 Å². The molecular formula is C15H20F2O2. The van der Waals surface area contributed by atoms with E-state index in [0.29, 0.717) is 12.0 Å². The Bertz CT molecular complexity index is 424. The first-order valence-corrected chi connectivity index (χ1v) is 6.77. The zero-order chi connectivity index (χ0) is 13.9. The van der Waals surface area contributed by atoms with Gasteiger partial charge in [0, 0.05) is 5.41 Å². The number of aliphatic hydroxyl groups excluding tert-OH is 2. The van der Waals surface area contributed by atoms with Gasteiger partial charge in [0.05, 0.1) is 13.2 Å². The van der Waals surface area contributed by atoms with Gasteiger partial charge in [0.15, 0.2) is 11.6 Å². The fraction of sp³-hybridized carbons (Fsp3) is 0.600. The van der Waals surface area contributed by atoms with Crippen LogP contribution in [0.2, 0.25) is 0 Å². The number of hydrogen-bond acceptors (Lipinski definition) is 2. The van der Waals surface area contributed by atoms with Gasteiger partial charge in [-0.1, -0.05) is 18.9 Å². The van der Waals surface area contributed by atoms with Crippen LogP contribution in [0.4, 0.5) is 8.78 Å². The second-order valence-corrected chi connectivity index (χ2v) is 5.59. The van der Waals surface area contributed by atoms with Crippen molar-refractivity contribution < 1.29 is 19.0 Å². The Morgan fingerprint density at radius 2 is 1.68 bits per heavy atom. The van der Waals surface area contributed by atoms with E-state index in [1.54, 1.807) is 0 Å². The van der Waals surface area contributed by atoms with Crippen molar-refractivity contribution >= 4 is 0 Å². The van der Waals surface area contributed by atoms with E-state index >= 15 is 0 Å². The van der Waals surface area contributed by atoms with Crippen molar-refractivity contribution in [3.05, 3.63) is 35.4 Å². The molecule has 0 heterocycles. The first kappa shape index (κ1) is 14.4. The third-order valence-corrected chi connectivity index (χ3v) is 4.39. The van der Waals surface area contributed by atoms with Crippen molar-refractivity contribution in [3.8, 4) is 0 Å². The minimum Gasteiger partial charge on any atom is -0.396 e. The standard InChI is InChI=1S/C15H20F2O2/c16-13-6-5-11(7-14(13)17)8-15(9-18,10-19)12-3-1-2-4-12/h5-7,12,18-19H,1-4,8-10H2. The highest BCUT2D eigenvalue weighted by Crippen LogP contribution is 2.42. The number of hydrogen-bond donors (Lipinski definition) is 2. The summed E-state index contributed by atoms with van der Waals surface area (Å²) in [6.07, 6.45) is 4.53. The van der Waals surface area contributed by atoms with Crippen LogP contribution < -0.4 is 0 Å². The Kier molecular flexibility index (Phi) is 4.53. The first-order valence-electron chi connectivity index (χ1n) is 6.77. The maximum absolute atomic E-state index is 13.2. The third kappa shape index (κ3) is 2.95. The Morgan fingerprint density at radius 3 is 2.21 bits per heavy atom. The van der Waals surface area contributed by atoms with E-state index in [9.17, 15) is 19.0 Å². The van der Waals surface area contributed by atoms with Gasteiger partial charge in [0.25, 0.3) is 0 Å². The Balaban J connectivity index is 2.21. The van der Waals surface area contributed by atoms with E-state index in [1.807, 2.05) is 0 Å². The summed E-state index contributed by atoms with van der Waals surface area (Å²) in [4.78, 5) is 0. The molecule has 1 aromatic rings. The molecular weight excluding hydrogens is 250 g/mol. The summed E-state index contributed by atoms with van der Waals surface area (Å²) in [6, 6.07) is 3.77. The molecule has 0 atom stereocenters. The summed E-state index contributed by atoms with van der Waals surface area (Å²) in [5, 5.41) is 19.4. The SMILES string of the molecule is OCC(CO)(Cc1ccc(F)c(F)c1)C1CCCC1. The highest BCUT2D eigenvalue weighted by molar-refractivity contribution is 5.20. The number of benzene rings is 1. The lowest BCUT2D eigenvalue weighted by atomic mass is 9.71. The maximum atomic E-state index is 13.2. The molecule has 0 unspecified atom stereocenters. The lowest BCUT2D eigenvalue weighted by Crippen LogP contribution is -2.39. The molecule has 2 N–H and O–H groups in total. The lowest BCUT2D eigenvalue weighted by Gasteiger charge is -2.36. The van der Waals surface area contributed by atoms with Gasteiger partial charge in [-0.3, -0.25) is 0 Å². The smallest absolute Gasteiger partial charge is 0.159 e. The Hall–Kier alpha value is -1.00. The molecule has 4 heteroatoms. The van der Waals surface area contributed by atoms with Gasteiger partial charge < -0.3 is 10.2 Å². The van der Waals surface area contributed by atoms with E-state index in [2.05, 4.69) is 0 Å². The largest absolute Gasteiger partial charge is 0.396 e. The van der Waals surface area contributed by atoms with Gasteiger partial charge in [-0.2, -0.15) is 0 Å². The van der Waals surface area contributed by atoms with Crippen LogP contribution in [0.15, 0.2) is 18.2 Å². The van der Waals surface area contributed by atoms with Crippen LogP contribution in [0.1, 0.15) is 31.2 Å². The number of halogens is 2. The zero-order valence-electron chi connectivity index (χ0n) is 10.9. The Morgan fingerprint density at radius 1 is 1.05 bits per heavy atom. The van der Waals surface area contributed by atoms with Crippen LogP contribution in [-0.4, -0.2) is 23.4 Å². The summed E-state index contributed by atoms with van der Waals surface area (Å²) in [5.74, 6) is -1.51. The van der Waals surface area contributed by atoms with Crippen molar-refractivity contribution in [2.45, 2.75) is 32.1 Å². The number of rotatable bonds is 5. The third-order valence-electron chi connectivity index (χ3n) is 4.39. The average molecular weight is 270 g/mol. The minimum atomic E-state index is -0.881. The van der Waals surface area contributed by atoms with Crippen LogP contribution in [-0.2, 0) is 6.42 Å². The second kappa shape index (κ2) is 5.97. The van der Waals surface area contributed by atoms with E-state index in [1.165, 1.54) is 6.07 Å². The molecule has 0 aromatic heterocycles. The van der Waals surface area contributed by atoms with Crippen molar-refractivity contribution in [1.29, 1.82) is 0 Å². The molecule has 0 saturated heterocycles. The summed E-state index contributed by atoms with van der Waals surface area (Å²) in [7, 11) is 0. The quantitative estimate of drug-likeness (QED) is 0.863. The van der Waals surface area contributed by atoms with Crippen LogP contribution in [0.25, 0.3) is 0 Å². The fourth-order valence-corrected chi connectivity index (χ4v) is 3.16. The molecule has 0 spiro atoms. The predicted octanol–water partition coefficient (Wildman–Crippen LogP) is 2.67. The molecule has 0 bridgehead atoms. The number of aliphatic hydroxyl groups is 2. The minimum absolute atomic E-state index is 0.132. The van der Waals surface area contributed by atoms with Gasteiger partial charge >= 0.3 is 0 Å². The molecule has 1 aliphatic rings. The van der Waals surface area contributed by atoms with Gasteiger partial charge in [-0.05, 0) is 42.9 Å². The molecule has 0 aliphatic heterocycles. The molecule has 0 amide bonds. The highest BCUT2D eigenvalue weighted by atomic mass is 19.2. The molecule has 1 saturated carbocycles. The molecule has 0 radical (unpaired) electrons. The average Bonchev–Trinajstić information content (AvgIpc) is 2.95. The van der Waals surface area contributed by atoms with Crippen molar-refractivity contribution in [2.75, 3.05) is 13.2 Å². The highest BCUT2D eigenvalue weighted by Gasteiger charge is 2.39. The topological polar surface area (TPSA) is 40.5 Å². The maximum Gasteiger partial charge on any atom is 0.159 e. The van der Waals surface area contributed by atoms with Crippen LogP contribution >= 0.6 is 0 Å². The molecule has 1 aliphatic carbocycles. The van der Waals surface area contributed by atoms with Crippen molar-refractivity contribution in [3.63, 3.8) is 0 Å². The summed E-state index contributed by atoms with van der Waals surface area (Å²) >= 11 is 0. The van der Waals surface area contributed by atoms with Gasteiger partial charge in [-0.15, -0.1) is 0 Å². The molecule has 106 valence electrons. The van der Waals surface area contributed by atoms with Gasteiger partial charge in [-0.25, -0.2) is 8.78 Å². The monoisotopic (exact) mass is 270 g/mol. The Labute approximate surface area is 112 Å². The fourth-order valence-electron chi connectivity index (χ4n) is 3.16. The van der Waals surface area contributed by atoms with Gasteiger partial charge in [0.1, 0.15) is 0 Å². The van der Waals surface area contributed by atoms with Gasteiger partial charge in [0.2, 0.25) is 0 Å². The van der Waals surface area contributed by atoms with Crippen LogP contribution in [0.3, 0.4) is 0 Å². The molecule has 19 heavy (non-hydrogen) atoms. The zero-order valence-corrected chi connectivity index (χ0v) is 10.9. The summed E-state index contributed by atoms with van der Waals surface area (Å²) in [5.41, 5.74) is -0.00488. The van der Waals surface area contributed by atoms with Crippen molar-refractivity contribution in [1.82, 2.24) is 0 Å². The van der Waals surface area contributed by atoms with Crippen LogP contribution in [0, 0.1) is 23.0 Å². The molecule has 2 rings (SSSR count). The first-order chi connectivity index (χ1) is 9.11. The molecule has 2 nitrogen and oxygen atoms in total. The normalized spacial score (nSPS) is 17.1. The summed E-state index contributed by atoms with van der Waals surface area (Å²) in [6.45, 7) is -0.264. The second-order valence-electron chi connectivity index (χ2n) is 5.59. The summed E-state index contributed by atoms with van der Waals surface area (Å²) < 4.78 is 26.2. The molecule has 1 aromatic carbocycles. The van der Waals surface area contributed by atoms with E-state index in [0.717, 1.165) is 37.8 Å². The van der Waals surface area contributed by atoms with E-state index in [-0.39, 0.29) is 19.1 Å². The predicted molar refractivity (Wildman–Crippen MR) is 68.6 cm³/mol.